The molecule has 0 aliphatic carbocycles. The van der Waals surface area contributed by atoms with Gasteiger partial charge in [-0.3, -0.25) is 14.4 Å². The Balaban J connectivity index is 2.13. The highest BCUT2D eigenvalue weighted by molar-refractivity contribution is 7.81. The minimum atomic E-state index is -0.610. The van der Waals surface area contributed by atoms with Gasteiger partial charge in [0.2, 0.25) is 17.8 Å². The maximum Gasteiger partial charge on any atom is 0.252 e. The molecule has 9 heteroatoms. The van der Waals surface area contributed by atoms with Crippen LogP contribution >= 0.6 is 12.6 Å². The Bertz CT molecular complexity index is 860. The largest absolute Gasteiger partial charge is 0.365 e. The molecule has 2 rings (SSSR count). The second-order valence-electron chi connectivity index (χ2n) is 6.40. The number of nitrogens with zero attached hydrogens (tertiary/aromatic N) is 3. The molecule has 3 N–H and O–H groups in total. The molecule has 0 fully saturated rings. The number of unbranched alkanes of at least 4 members (excludes halogenated alkanes) is 2. The van der Waals surface area contributed by atoms with E-state index < -0.39 is 5.91 Å². The van der Waals surface area contributed by atoms with Gasteiger partial charge in [-0.1, -0.05) is 24.6 Å². The molecule has 0 saturated carbocycles. The molecule has 1 heterocycles. The molecule has 154 valence electrons. The van der Waals surface area contributed by atoms with Crippen LogP contribution in [-0.4, -0.2) is 40.0 Å². The van der Waals surface area contributed by atoms with Crippen molar-refractivity contribution >= 4 is 42.0 Å². The number of anilines is 2. The van der Waals surface area contributed by atoms with Crippen molar-refractivity contribution in [1.82, 2.24) is 15.3 Å². The number of carbonyl (C=O) groups excluding carboxylic acids is 3. The van der Waals surface area contributed by atoms with Gasteiger partial charge in [0, 0.05) is 19.7 Å². The van der Waals surface area contributed by atoms with Gasteiger partial charge in [-0.25, -0.2) is 14.9 Å². The molecule has 0 aliphatic rings. The predicted molar refractivity (Wildman–Crippen MR) is 114 cm³/mol. The Labute approximate surface area is 175 Å². The van der Waals surface area contributed by atoms with Gasteiger partial charge >= 0.3 is 0 Å². The summed E-state index contributed by atoms with van der Waals surface area (Å²) in [7, 11) is 0. The van der Waals surface area contributed by atoms with E-state index >= 15 is 0 Å². The van der Waals surface area contributed by atoms with Gasteiger partial charge in [0.1, 0.15) is 0 Å². The van der Waals surface area contributed by atoms with E-state index in [2.05, 4.69) is 27.9 Å². The average Bonchev–Trinajstić information content (AvgIpc) is 2.71. The van der Waals surface area contributed by atoms with Crippen LogP contribution in [0.4, 0.5) is 11.6 Å². The van der Waals surface area contributed by atoms with Crippen LogP contribution in [0.25, 0.3) is 0 Å². The van der Waals surface area contributed by atoms with Crippen molar-refractivity contribution < 1.29 is 14.4 Å². The molecule has 0 saturated heterocycles. The number of hydrogen-bond acceptors (Lipinski definition) is 6. The number of para-hydroxylation sites is 1. The zero-order valence-electron chi connectivity index (χ0n) is 16.3. The molecule has 1 aromatic carbocycles. The van der Waals surface area contributed by atoms with Crippen LogP contribution in [0.2, 0.25) is 0 Å². The van der Waals surface area contributed by atoms with E-state index in [0.717, 1.165) is 19.3 Å². The molecule has 29 heavy (non-hydrogen) atoms. The summed E-state index contributed by atoms with van der Waals surface area (Å²) in [5, 5.41) is 2.76. The summed E-state index contributed by atoms with van der Waals surface area (Å²) in [6.45, 7) is 2.00. The average molecular weight is 416 g/mol. The third kappa shape index (κ3) is 6.56. The molecule has 0 radical (unpaired) electrons. The first-order chi connectivity index (χ1) is 13.9. The van der Waals surface area contributed by atoms with E-state index in [1.54, 1.807) is 12.1 Å². The zero-order valence-corrected chi connectivity index (χ0v) is 17.2. The Morgan fingerprint density at radius 2 is 1.86 bits per heavy atom. The second-order valence-corrected chi connectivity index (χ2v) is 6.72. The lowest BCUT2D eigenvalue weighted by atomic mass is 10.1. The Morgan fingerprint density at radius 3 is 2.48 bits per heavy atom. The number of aryl methyl sites for hydroxylation is 1. The van der Waals surface area contributed by atoms with E-state index in [1.807, 2.05) is 18.2 Å². The second kappa shape index (κ2) is 11.2. The third-order valence-electron chi connectivity index (χ3n) is 4.21. The number of hydrogen-bond donors (Lipinski definition) is 3. The fourth-order valence-electron chi connectivity index (χ4n) is 2.80. The highest BCUT2D eigenvalue weighted by atomic mass is 32.1. The first-order valence-corrected chi connectivity index (χ1v) is 9.96. The number of primary amides is 1. The number of rotatable bonds is 10. The van der Waals surface area contributed by atoms with Crippen molar-refractivity contribution in [2.75, 3.05) is 17.2 Å². The first-order valence-electron chi connectivity index (χ1n) is 9.33. The highest BCUT2D eigenvalue weighted by Gasteiger charge is 2.20. The molecular weight excluding hydrogens is 390 g/mol. The number of nitrogens with one attached hydrogen (secondary N) is 1. The SMILES string of the molecule is CC(=O)N(c1ccccc1)c1ncc(C(N)=O)c(CCCCCNC(=O)CS)n1. The number of amides is 3. The Hall–Kier alpha value is -2.94. The van der Waals surface area contributed by atoms with Crippen LogP contribution < -0.4 is 16.0 Å². The fraction of sp³-hybridized carbons (Fsp3) is 0.350. The lowest BCUT2D eigenvalue weighted by molar-refractivity contribution is -0.118. The van der Waals surface area contributed by atoms with Gasteiger partial charge in [0.25, 0.3) is 5.91 Å². The van der Waals surface area contributed by atoms with Crippen molar-refractivity contribution in [2.45, 2.75) is 32.6 Å². The lowest BCUT2D eigenvalue weighted by Gasteiger charge is -2.20. The summed E-state index contributed by atoms with van der Waals surface area (Å²) in [5.74, 6) is -0.588. The smallest absolute Gasteiger partial charge is 0.252 e. The van der Waals surface area contributed by atoms with E-state index in [4.69, 9.17) is 5.73 Å². The molecule has 0 bridgehead atoms. The highest BCUT2D eigenvalue weighted by Crippen LogP contribution is 2.23. The lowest BCUT2D eigenvalue weighted by Crippen LogP contribution is -2.26. The number of thiol groups is 1. The van der Waals surface area contributed by atoms with Gasteiger partial charge in [-0.15, -0.1) is 0 Å². The molecule has 0 aliphatic heterocycles. The molecule has 2 aromatic rings. The van der Waals surface area contributed by atoms with Crippen molar-refractivity contribution in [2.24, 2.45) is 5.73 Å². The minimum Gasteiger partial charge on any atom is -0.365 e. The van der Waals surface area contributed by atoms with Crippen LogP contribution in [0.1, 0.15) is 42.2 Å². The minimum absolute atomic E-state index is 0.102. The van der Waals surface area contributed by atoms with Crippen LogP contribution in [0.3, 0.4) is 0 Å². The molecule has 1 aromatic heterocycles. The Kier molecular flexibility index (Phi) is 8.60. The van der Waals surface area contributed by atoms with Crippen molar-refractivity contribution in [1.29, 1.82) is 0 Å². The molecule has 0 spiro atoms. The molecule has 8 nitrogen and oxygen atoms in total. The number of benzene rings is 1. The standard InChI is InChI=1S/C20H25N5O3S/c1-14(26)25(15-8-4-2-5-9-15)20-23-12-16(19(21)28)17(24-20)10-6-3-7-11-22-18(27)13-29/h2,4-5,8-9,12,29H,3,6-7,10-11,13H2,1H3,(H2,21,28)(H,22,27). The zero-order chi connectivity index (χ0) is 21.2. The van der Waals surface area contributed by atoms with E-state index in [1.165, 1.54) is 18.0 Å². The number of aromatic nitrogens is 2. The summed E-state index contributed by atoms with van der Waals surface area (Å²) in [5.41, 5.74) is 6.84. The molecule has 0 atom stereocenters. The third-order valence-corrected chi connectivity index (χ3v) is 4.49. The van der Waals surface area contributed by atoms with Crippen LogP contribution in [0, 0.1) is 0 Å². The number of carbonyl (C=O) groups is 3. The van der Waals surface area contributed by atoms with Gasteiger partial charge in [-0.2, -0.15) is 12.6 Å². The van der Waals surface area contributed by atoms with Crippen molar-refractivity contribution in [3.05, 3.63) is 47.8 Å². The fourth-order valence-corrected chi connectivity index (χ4v) is 2.92. The predicted octanol–water partition coefficient (Wildman–Crippen LogP) is 2.02. The molecular formula is C20H25N5O3S. The van der Waals surface area contributed by atoms with Gasteiger partial charge < -0.3 is 11.1 Å². The van der Waals surface area contributed by atoms with Crippen LogP contribution in [-0.2, 0) is 16.0 Å². The normalized spacial score (nSPS) is 10.4. The van der Waals surface area contributed by atoms with Gasteiger partial charge in [0.05, 0.1) is 22.7 Å². The Morgan fingerprint density at radius 1 is 1.14 bits per heavy atom. The summed E-state index contributed by atoms with van der Waals surface area (Å²) < 4.78 is 0. The van der Waals surface area contributed by atoms with E-state index in [-0.39, 0.29) is 29.1 Å². The summed E-state index contributed by atoms with van der Waals surface area (Å²) in [6, 6.07) is 9.05. The van der Waals surface area contributed by atoms with Gasteiger partial charge in [0.15, 0.2) is 0 Å². The first kappa shape index (κ1) is 22.4. The maximum atomic E-state index is 12.2. The van der Waals surface area contributed by atoms with Crippen LogP contribution in [0.5, 0.6) is 0 Å². The van der Waals surface area contributed by atoms with E-state index in [0.29, 0.717) is 24.3 Å². The summed E-state index contributed by atoms with van der Waals surface area (Å²) >= 11 is 3.91. The van der Waals surface area contributed by atoms with Crippen LogP contribution in [0.15, 0.2) is 36.5 Å². The molecule has 0 unspecified atom stereocenters. The van der Waals surface area contributed by atoms with Gasteiger partial charge in [-0.05, 0) is 31.4 Å². The quantitative estimate of drug-likeness (QED) is 0.405. The van der Waals surface area contributed by atoms with Crippen molar-refractivity contribution in [3.63, 3.8) is 0 Å². The molecule has 3 amide bonds. The number of nitrogens with two attached hydrogens (primary N) is 1. The maximum absolute atomic E-state index is 12.2. The topological polar surface area (TPSA) is 118 Å². The summed E-state index contributed by atoms with van der Waals surface area (Å²) in [4.78, 5) is 45.2. The van der Waals surface area contributed by atoms with E-state index in [9.17, 15) is 14.4 Å². The monoisotopic (exact) mass is 415 g/mol. The van der Waals surface area contributed by atoms with Crippen molar-refractivity contribution in [3.8, 4) is 0 Å². The summed E-state index contributed by atoms with van der Waals surface area (Å²) in [6.07, 6.45) is 4.26.